The first-order valence-corrected chi connectivity index (χ1v) is 8.81. The first-order chi connectivity index (χ1) is 12.2. The van der Waals surface area contributed by atoms with Gasteiger partial charge in [-0.1, -0.05) is 12.1 Å². The van der Waals surface area contributed by atoms with Crippen LogP contribution in [-0.2, 0) is 13.0 Å². The lowest BCUT2D eigenvalue weighted by Crippen LogP contribution is -2.36. The van der Waals surface area contributed by atoms with Crippen molar-refractivity contribution in [2.45, 2.75) is 13.0 Å². The van der Waals surface area contributed by atoms with Gasteiger partial charge < -0.3 is 10.2 Å². The first-order valence-electron chi connectivity index (χ1n) is 7.93. The summed E-state index contributed by atoms with van der Waals surface area (Å²) in [5.74, 6) is -0.331. The van der Waals surface area contributed by atoms with Gasteiger partial charge in [-0.2, -0.15) is 0 Å². The summed E-state index contributed by atoms with van der Waals surface area (Å²) in [6, 6.07) is 13.4. The van der Waals surface area contributed by atoms with Crippen LogP contribution in [0.4, 0.5) is 14.9 Å². The third-order valence-electron chi connectivity index (χ3n) is 3.69. The smallest absolute Gasteiger partial charge is 0.320 e. The molecule has 0 atom stereocenters. The number of urea groups is 1. The van der Waals surface area contributed by atoms with Crippen molar-refractivity contribution in [1.82, 2.24) is 9.88 Å². The summed E-state index contributed by atoms with van der Waals surface area (Å²) in [6.45, 7) is 1.05. The molecule has 0 aliphatic carbocycles. The molecular weight excluding hydrogens is 337 g/mol. The summed E-state index contributed by atoms with van der Waals surface area (Å²) in [5, 5.41) is 4.85. The van der Waals surface area contributed by atoms with E-state index in [2.05, 4.69) is 16.4 Å². The molecule has 2 amide bonds. The Balaban J connectivity index is 1.69. The molecule has 2 aromatic heterocycles. The largest absolute Gasteiger partial charge is 0.322 e. The SMILES string of the molecule is O=C(Nc1ccc(F)cc1)N(CCc1cccs1)Cc1cccnc1. The fourth-order valence-electron chi connectivity index (χ4n) is 2.40. The van der Waals surface area contributed by atoms with Crippen molar-refractivity contribution in [2.24, 2.45) is 0 Å². The Morgan fingerprint density at radius 3 is 2.68 bits per heavy atom. The van der Waals surface area contributed by atoms with E-state index >= 15 is 0 Å². The highest BCUT2D eigenvalue weighted by atomic mass is 32.1. The maximum Gasteiger partial charge on any atom is 0.322 e. The molecule has 128 valence electrons. The molecule has 6 heteroatoms. The molecule has 4 nitrogen and oxygen atoms in total. The van der Waals surface area contributed by atoms with Gasteiger partial charge in [0.25, 0.3) is 0 Å². The number of carbonyl (C=O) groups excluding carboxylic acids is 1. The molecule has 0 saturated heterocycles. The van der Waals surface area contributed by atoms with Crippen LogP contribution in [0, 0.1) is 5.82 Å². The van der Waals surface area contributed by atoms with Crippen LogP contribution < -0.4 is 5.32 Å². The van der Waals surface area contributed by atoms with Gasteiger partial charge in [0, 0.05) is 36.0 Å². The Morgan fingerprint density at radius 2 is 2.00 bits per heavy atom. The predicted molar refractivity (Wildman–Crippen MR) is 98.1 cm³/mol. The summed E-state index contributed by atoms with van der Waals surface area (Å²) >= 11 is 1.68. The highest BCUT2D eigenvalue weighted by molar-refractivity contribution is 7.09. The normalized spacial score (nSPS) is 10.4. The lowest BCUT2D eigenvalue weighted by Gasteiger charge is -2.23. The van der Waals surface area contributed by atoms with Crippen LogP contribution in [0.15, 0.2) is 66.3 Å². The minimum atomic E-state index is -0.331. The zero-order valence-corrected chi connectivity index (χ0v) is 14.4. The topological polar surface area (TPSA) is 45.2 Å². The Morgan fingerprint density at radius 1 is 1.16 bits per heavy atom. The van der Waals surface area contributed by atoms with Gasteiger partial charge in [-0.15, -0.1) is 11.3 Å². The van der Waals surface area contributed by atoms with Gasteiger partial charge in [-0.25, -0.2) is 9.18 Å². The van der Waals surface area contributed by atoms with Gasteiger partial charge >= 0.3 is 6.03 Å². The molecule has 0 aliphatic rings. The second kappa shape index (κ2) is 8.39. The molecule has 0 aliphatic heterocycles. The molecule has 0 saturated carbocycles. The number of amides is 2. The number of anilines is 1. The van der Waals surface area contributed by atoms with Crippen LogP contribution in [-0.4, -0.2) is 22.5 Å². The fourth-order valence-corrected chi connectivity index (χ4v) is 3.10. The van der Waals surface area contributed by atoms with E-state index in [-0.39, 0.29) is 11.8 Å². The second-order valence-corrected chi connectivity index (χ2v) is 6.58. The third kappa shape index (κ3) is 5.12. The quantitative estimate of drug-likeness (QED) is 0.704. The maximum absolute atomic E-state index is 13.0. The number of pyridine rings is 1. The number of aromatic nitrogens is 1. The molecule has 0 radical (unpaired) electrons. The average molecular weight is 355 g/mol. The third-order valence-corrected chi connectivity index (χ3v) is 4.62. The van der Waals surface area contributed by atoms with E-state index in [0.717, 1.165) is 12.0 Å². The summed E-state index contributed by atoms with van der Waals surface area (Å²) < 4.78 is 13.0. The molecule has 0 unspecified atom stereocenters. The predicted octanol–water partition coefficient (Wildman–Crippen LogP) is 4.56. The number of carbonyl (C=O) groups is 1. The highest BCUT2D eigenvalue weighted by Crippen LogP contribution is 2.14. The van der Waals surface area contributed by atoms with Crippen molar-refractivity contribution in [3.05, 3.63) is 82.6 Å². The number of thiophene rings is 1. The minimum absolute atomic E-state index is 0.216. The number of nitrogens with zero attached hydrogens (tertiary/aromatic N) is 2. The first kappa shape index (κ1) is 17.1. The van der Waals surface area contributed by atoms with E-state index in [1.165, 1.54) is 17.0 Å². The molecule has 25 heavy (non-hydrogen) atoms. The van der Waals surface area contributed by atoms with Gasteiger partial charge in [-0.3, -0.25) is 4.98 Å². The zero-order valence-electron chi connectivity index (χ0n) is 13.6. The molecule has 0 fully saturated rings. The molecule has 1 N–H and O–H groups in total. The van der Waals surface area contributed by atoms with Crippen LogP contribution in [0.25, 0.3) is 0 Å². The summed E-state index contributed by atoms with van der Waals surface area (Å²) in [6.07, 6.45) is 4.25. The second-order valence-electron chi connectivity index (χ2n) is 5.55. The van der Waals surface area contributed by atoms with Gasteiger partial charge in [0.05, 0.1) is 0 Å². The Hall–Kier alpha value is -2.73. The van der Waals surface area contributed by atoms with Crippen molar-refractivity contribution in [3.8, 4) is 0 Å². The zero-order chi connectivity index (χ0) is 17.5. The number of hydrogen-bond acceptors (Lipinski definition) is 3. The lowest BCUT2D eigenvalue weighted by atomic mass is 10.2. The molecule has 3 rings (SSSR count). The number of hydrogen-bond donors (Lipinski definition) is 1. The maximum atomic E-state index is 13.0. The van der Waals surface area contributed by atoms with E-state index in [1.54, 1.807) is 40.8 Å². The molecule has 0 spiro atoms. The van der Waals surface area contributed by atoms with Crippen molar-refractivity contribution >= 4 is 23.1 Å². The fraction of sp³-hybridized carbons (Fsp3) is 0.158. The van der Waals surface area contributed by atoms with Crippen molar-refractivity contribution in [1.29, 1.82) is 0 Å². The lowest BCUT2D eigenvalue weighted by molar-refractivity contribution is 0.210. The van der Waals surface area contributed by atoms with Crippen molar-refractivity contribution in [2.75, 3.05) is 11.9 Å². The standard InChI is InChI=1S/C19H18FN3OS/c20-16-5-7-17(8-6-16)22-19(24)23(11-9-18-4-2-12-25-18)14-15-3-1-10-21-13-15/h1-8,10,12-13H,9,11,14H2,(H,22,24). The number of halogens is 1. The van der Waals surface area contributed by atoms with Gasteiger partial charge in [-0.05, 0) is 53.8 Å². The van der Waals surface area contributed by atoms with Gasteiger partial charge in [0.1, 0.15) is 5.82 Å². The number of benzene rings is 1. The van der Waals surface area contributed by atoms with E-state index in [1.807, 2.05) is 23.6 Å². The Bertz CT molecular complexity index is 791. The van der Waals surface area contributed by atoms with Crippen molar-refractivity contribution < 1.29 is 9.18 Å². The Labute approximate surface area is 150 Å². The van der Waals surface area contributed by atoms with Gasteiger partial charge in [0.15, 0.2) is 0 Å². The van der Waals surface area contributed by atoms with E-state index in [9.17, 15) is 9.18 Å². The molecule has 0 bridgehead atoms. The highest BCUT2D eigenvalue weighted by Gasteiger charge is 2.15. The number of nitrogens with one attached hydrogen (secondary N) is 1. The molecule has 2 heterocycles. The molecule has 1 aromatic carbocycles. The van der Waals surface area contributed by atoms with E-state index < -0.39 is 0 Å². The number of rotatable bonds is 6. The van der Waals surface area contributed by atoms with E-state index in [0.29, 0.717) is 18.8 Å². The van der Waals surface area contributed by atoms with Gasteiger partial charge in [0.2, 0.25) is 0 Å². The van der Waals surface area contributed by atoms with Crippen LogP contribution in [0.3, 0.4) is 0 Å². The summed E-state index contributed by atoms with van der Waals surface area (Å²) in [5.41, 5.74) is 1.53. The Kier molecular flexibility index (Phi) is 5.74. The van der Waals surface area contributed by atoms with Crippen LogP contribution in [0.5, 0.6) is 0 Å². The van der Waals surface area contributed by atoms with Crippen LogP contribution in [0.2, 0.25) is 0 Å². The molecule has 3 aromatic rings. The summed E-state index contributed by atoms with van der Waals surface area (Å²) in [4.78, 5) is 19.7. The van der Waals surface area contributed by atoms with E-state index in [4.69, 9.17) is 0 Å². The molecular formula is C19H18FN3OS. The summed E-state index contributed by atoms with van der Waals surface area (Å²) in [7, 11) is 0. The van der Waals surface area contributed by atoms with Crippen LogP contribution in [0.1, 0.15) is 10.4 Å². The average Bonchev–Trinajstić information content (AvgIpc) is 3.15. The van der Waals surface area contributed by atoms with Crippen LogP contribution >= 0.6 is 11.3 Å². The van der Waals surface area contributed by atoms with Crippen molar-refractivity contribution in [3.63, 3.8) is 0 Å². The minimum Gasteiger partial charge on any atom is -0.320 e. The monoisotopic (exact) mass is 355 g/mol.